The molecule has 94 valence electrons. The number of ether oxygens (including phenoxy) is 1. The third-order valence-corrected chi connectivity index (χ3v) is 2.97. The second-order valence-electron chi connectivity index (χ2n) is 4.36. The molecule has 0 aliphatic heterocycles. The van der Waals surface area contributed by atoms with E-state index < -0.39 is 0 Å². The lowest BCUT2D eigenvalue weighted by Gasteiger charge is -2.21. The van der Waals surface area contributed by atoms with E-state index in [1.54, 1.807) is 12.3 Å². The number of rotatable bonds is 5. The van der Waals surface area contributed by atoms with E-state index in [9.17, 15) is 0 Å². The van der Waals surface area contributed by atoms with Crippen molar-refractivity contribution in [1.29, 1.82) is 0 Å². The van der Waals surface area contributed by atoms with Gasteiger partial charge in [0.1, 0.15) is 5.82 Å². The van der Waals surface area contributed by atoms with Gasteiger partial charge in [0.05, 0.1) is 12.7 Å². The summed E-state index contributed by atoms with van der Waals surface area (Å²) >= 11 is 0. The molecular formula is C12H20N4O. The van der Waals surface area contributed by atoms with Crippen LogP contribution in [0.2, 0.25) is 0 Å². The summed E-state index contributed by atoms with van der Waals surface area (Å²) in [6.45, 7) is 1.42. The Kier molecular flexibility index (Phi) is 4.55. The van der Waals surface area contributed by atoms with Crippen LogP contribution in [0.25, 0.3) is 0 Å². The smallest absolute Gasteiger partial charge is 0.224 e. The van der Waals surface area contributed by atoms with Crippen molar-refractivity contribution < 1.29 is 4.74 Å². The van der Waals surface area contributed by atoms with Gasteiger partial charge in [-0.15, -0.1) is 0 Å². The molecule has 1 aromatic heterocycles. The Bertz CT molecular complexity index is 339. The van der Waals surface area contributed by atoms with Crippen molar-refractivity contribution in [3.8, 4) is 0 Å². The van der Waals surface area contributed by atoms with E-state index in [4.69, 9.17) is 10.5 Å². The van der Waals surface area contributed by atoms with Crippen molar-refractivity contribution >= 4 is 11.8 Å². The molecule has 0 aromatic carbocycles. The van der Waals surface area contributed by atoms with E-state index in [0.29, 0.717) is 24.5 Å². The summed E-state index contributed by atoms with van der Waals surface area (Å²) in [6, 6.07) is 1.67. The fraction of sp³-hybridized carbons (Fsp3) is 0.667. The van der Waals surface area contributed by atoms with Crippen LogP contribution in [0.5, 0.6) is 0 Å². The highest BCUT2D eigenvalue weighted by atomic mass is 16.5. The number of hydrogen-bond donors (Lipinski definition) is 2. The number of nitrogens with two attached hydrogens (primary N) is 1. The summed E-state index contributed by atoms with van der Waals surface area (Å²) in [7, 11) is 0. The van der Waals surface area contributed by atoms with Gasteiger partial charge in [-0.1, -0.05) is 19.3 Å². The third-order valence-electron chi connectivity index (χ3n) is 2.97. The van der Waals surface area contributed by atoms with Crippen molar-refractivity contribution in [3.05, 3.63) is 12.3 Å². The zero-order chi connectivity index (χ0) is 11.9. The molecule has 0 spiro atoms. The molecule has 0 bridgehead atoms. The number of nitrogen functional groups attached to an aromatic ring is 1. The monoisotopic (exact) mass is 236 g/mol. The quantitative estimate of drug-likeness (QED) is 0.763. The molecule has 5 nitrogen and oxygen atoms in total. The maximum Gasteiger partial charge on any atom is 0.224 e. The van der Waals surface area contributed by atoms with E-state index in [1.165, 1.54) is 32.1 Å². The van der Waals surface area contributed by atoms with Crippen molar-refractivity contribution in [3.63, 3.8) is 0 Å². The van der Waals surface area contributed by atoms with E-state index >= 15 is 0 Å². The Morgan fingerprint density at radius 2 is 2.18 bits per heavy atom. The largest absolute Gasteiger partial charge is 0.384 e. The minimum atomic E-state index is 0.451. The molecule has 0 saturated heterocycles. The standard InChI is InChI=1S/C12H20N4O/c13-11-6-7-14-12(16-11)15-8-9-17-10-4-2-1-3-5-10/h6-7,10H,1-5,8-9H2,(H3,13,14,15,16). The molecule has 1 fully saturated rings. The molecule has 1 aliphatic carbocycles. The second-order valence-corrected chi connectivity index (χ2v) is 4.36. The zero-order valence-electron chi connectivity index (χ0n) is 10.1. The van der Waals surface area contributed by atoms with E-state index in [1.807, 2.05) is 0 Å². The van der Waals surface area contributed by atoms with Gasteiger partial charge in [-0.2, -0.15) is 4.98 Å². The molecule has 0 atom stereocenters. The fourth-order valence-electron chi connectivity index (χ4n) is 2.08. The molecule has 1 aliphatic rings. The molecule has 3 N–H and O–H groups in total. The fourth-order valence-corrected chi connectivity index (χ4v) is 2.08. The van der Waals surface area contributed by atoms with Crippen LogP contribution in [0.15, 0.2) is 12.3 Å². The Hall–Kier alpha value is -1.36. The summed E-state index contributed by atoms with van der Waals surface area (Å²) in [5.74, 6) is 1.05. The van der Waals surface area contributed by atoms with Gasteiger partial charge in [-0.3, -0.25) is 0 Å². The molecule has 5 heteroatoms. The van der Waals surface area contributed by atoms with Gasteiger partial charge in [0.15, 0.2) is 0 Å². The number of nitrogens with one attached hydrogen (secondary N) is 1. The molecule has 0 amide bonds. The van der Waals surface area contributed by atoms with Crippen LogP contribution in [0.1, 0.15) is 32.1 Å². The van der Waals surface area contributed by atoms with Crippen molar-refractivity contribution in [1.82, 2.24) is 9.97 Å². The van der Waals surface area contributed by atoms with Crippen LogP contribution < -0.4 is 11.1 Å². The molecule has 2 rings (SSSR count). The lowest BCUT2D eigenvalue weighted by atomic mass is 9.98. The first-order valence-corrected chi connectivity index (χ1v) is 6.28. The van der Waals surface area contributed by atoms with Gasteiger partial charge in [0.2, 0.25) is 5.95 Å². The highest BCUT2D eigenvalue weighted by Crippen LogP contribution is 2.19. The molecule has 1 saturated carbocycles. The van der Waals surface area contributed by atoms with Crippen LogP contribution in [0, 0.1) is 0 Å². The Labute approximate surface area is 102 Å². The van der Waals surface area contributed by atoms with Crippen LogP contribution in [0.4, 0.5) is 11.8 Å². The third kappa shape index (κ3) is 4.19. The average Bonchev–Trinajstić information content (AvgIpc) is 2.36. The lowest BCUT2D eigenvalue weighted by Crippen LogP contribution is -2.21. The first-order valence-electron chi connectivity index (χ1n) is 6.28. The van der Waals surface area contributed by atoms with Crippen LogP contribution in [-0.4, -0.2) is 29.2 Å². The Morgan fingerprint density at radius 3 is 2.94 bits per heavy atom. The Balaban J connectivity index is 1.62. The predicted molar refractivity (Wildman–Crippen MR) is 67.8 cm³/mol. The molecule has 0 unspecified atom stereocenters. The van der Waals surface area contributed by atoms with Gasteiger partial charge in [-0.25, -0.2) is 4.98 Å². The summed E-state index contributed by atoms with van der Waals surface area (Å²) in [5, 5.41) is 3.10. The number of anilines is 2. The number of nitrogens with zero attached hydrogens (tertiary/aromatic N) is 2. The van der Waals surface area contributed by atoms with E-state index in [0.717, 1.165) is 6.54 Å². The summed E-state index contributed by atoms with van der Waals surface area (Å²) in [5.41, 5.74) is 5.56. The van der Waals surface area contributed by atoms with Gasteiger partial charge in [0, 0.05) is 12.7 Å². The maximum absolute atomic E-state index is 5.79. The zero-order valence-corrected chi connectivity index (χ0v) is 10.1. The lowest BCUT2D eigenvalue weighted by molar-refractivity contribution is 0.0347. The minimum Gasteiger partial charge on any atom is -0.384 e. The van der Waals surface area contributed by atoms with Crippen LogP contribution in [-0.2, 0) is 4.74 Å². The summed E-state index contributed by atoms with van der Waals surface area (Å²) in [6.07, 6.45) is 8.46. The molecule has 1 heterocycles. The normalized spacial score (nSPS) is 16.9. The summed E-state index contributed by atoms with van der Waals surface area (Å²) < 4.78 is 5.79. The Morgan fingerprint density at radius 1 is 1.35 bits per heavy atom. The average molecular weight is 236 g/mol. The van der Waals surface area contributed by atoms with Crippen molar-refractivity contribution in [2.45, 2.75) is 38.2 Å². The predicted octanol–water partition coefficient (Wildman–Crippen LogP) is 1.82. The van der Waals surface area contributed by atoms with Crippen molar-refractivity contribution in [2.24, 2.45) is 0 Å². The highest BCUT2D eigenvalue weighted by Gasteiger charge is 2.12. The number of hydrogen-bond acceptors (Lipinski definition) is 5. The second kappa shape index (κ2) is 6.39. The molecule has 0 radical (unpaired) electrons. The molecule has 1 aromatic rings. The molecular weight excluding hydrogens is 216 g/mol. The van der Waals surface area contributed by atoms with Crippen LogP contribution in [0.3, 0.4) is 0 Å². The maximum atomic E-state index is 5.79. The highest BCUT2D eigenvalue weighted by molar-refractivity contribution is 5.34. The minimum absolute atomic E-state index is 0.451. The number of aromatic nitrogens is 2. The van der Waals surface area contributed by atoms with Crippen LogP contribution >= 0.6 is 0 Å². The van der Waals surface area contributed by atoms with Gasteiger partial charge < -0.3 is 15.8 Å². The first kappa shape index (κ1) is 12.1. The topological polar surface area (TPSA) is 73.1 Å². The van der Waals surface area contributed by atoms with Crippen molar-refractivity contribution in [2.75, 3.05) is 24.2 Å². The van der Waals surface area contributed by atoms with Gasteiger partial charge >= 0.3 is 0 Å². The van der Waals surface area contributed by atoms with E-state index in [-0.39, 0.29) is 0 Å². The summed E-state index contributed by atoms with van der Waals surface area (Å²) in [4.78, 5) is 8.12. The SMILES string of the molecule is Nc1ccnc(NCCOC2CCCCC2)n1. The van der Waals surface area contributed by atoms with Gasteiger partial charge in [-0.05, 0) is 18.9 Å². The van der Waals surface area contributed by atoms with E-state index in [2.05, 4.69) is 15.3 Å². The van der Waals surface area contributed by atoms with Gasteiger partial charge in [0.25, 0.3) is 0 Å². The molecule has 17 heavy (non-hydrogen) atoms. The first-order chi connectivity index (χ1) is 8.34.